The summed E-state index contributed by atoms with van der Waals surface area (Å²) in [6, 6.07) is 16.6. The average molecular weight is 306 g/mol. The topological polar surface area (TPSA) is 69.9 Å². The zero-order chi connectivity index (χ0) is 16.4. The second-order valence-corrected chi connectivity index (χ2v) is 5.73. The fourth-order valence-corrected chi connectivity index (χ4v) is 2.89. The summed E-state index contributed by atoms with van der Waals surface area (Å²) < 4.78 is 1.99. The lowest BCUT2D eigenvalue weighted by Gasteiger charge is -2.07. The fraction of sp³-hybridized carbons (Fsp3) is 0.211. The second-order valence-electron chi connectivity index (χ2n) is 5.73. The molecule has 0 saturated carbocycles. The third-order valence-corrected chi connectivity index (χ3v) is 4.19. The lowest BCUT2D eigenvalue weighted by molar-refractivity contribution is 0.832. The van der Waals surface area contributed by atoms with E-state index in [0.29, 0.717) is 13.1 Å². The lowest BCUT2D eigenvalue weighted by Crippen LogP contribution is -2.01. The van der Waals surface area contributed by atoms with Crippen molar-refractivity contribution in [3.8, 4) is 16.8 Å². The van der Waals surface area contributed by atoms with Gasteiger partial charge in [0.2, 0.25) is 0 Å². The molecule has 0 aliphatic rings. The van der Waals surface area contributed by atoms with E-state index >= 15 is 0 Å². The minimum absolute atomic E-state index is 0.552. The molecule has 0 bridgehead atoms. The smallest absolute Gasteiger partial charge is 0.0679 e. The zero-order valence-corrected chi connectivity index (χ0v) is 13.6. The molecule has 4 heteroatoms. The third-order valence-electron chi connectivity index (χ3n) is 4.19. The minimum atomic E-state index is 0.552. The van der Waals surface area contributed by atoms with E-state index in [1.807, 2.05) is 23.7 Å². The Kier molecular flexibility index (Phi) is 4.28. The molecule has 0 radical (unpaired) electrons. The molecule has 118 valence electrons. The summed E-state index contributed by atoms with van der Waals surface area (Å²) in [7, 11) is 0. The fourth-order valence-electron chi connectivity index (χ4n) is 2.89. The Hall–Kier alpha value is -2.43. The van der Waals surface area contributed by atoms with E-state index in [1.54, 1.807) is 0 Å². The predicted octanol–water partition coefficient (Wildman–Crippen LogP) is 3.07. The van der Waals surface area contributed by atoms with Crippen molar-refractivity contribution >= 4 is 0 Å². The predicted molar refractivity (Wildman–Crippen MR) is 94.3 cm³/mol. The van der Waals surface area contributed by atoms with Crippen LogP contribution in [0.3, 0.4) is 0 Å². The van der Waals surface area contributed by atoms with Crippen LogP contribution in [0.2, 0.25) is 0 Å². The van der Waals surface area contributed by atoms with Crippen LogP contribution in [0, 0.1) is 13.8 Å². The molecule has 3 rings (SSSR count). The molecule has 0 unspecified atom stereocenters. The maximum atomic E-state index is 5.68. The quantitative estimate of drug-likeness (QED) is 0.778. The minimum Gasteiger partial charge on any atom is -0.326 e. The van der Waals surface area contributed by atoms with Gasteiger partial charge < -0.3 is 11.5 Å². The first-order valence-electron chi connectivity index (χ1n) is 7.79. The summed E-state index contributed by atoms with van der Waals surface area (Å²) in [5.74, 6) is 0. The van der Waals surface area contributed by atoms with Gasteiger partial charge in [-0.3, -0.25) is 0 Å². The van der Waals surface area contributed by atoms with Crippen LogP contribution < -0.4 is 11.5 Å². The monoisotopic (exact) mass is 306 g/mol. The lowest BCUT2D eigenvalue weighted by atomic mass is 10.0. The Balaban J connectivity index is 2.04. The van der Waals surface area contributed by atoms with Crippen LogP contribution in [0.25, 0.3) is 16.8 Å². The van der Waals surface area contributed by atoms with Crippen LogP contribution >= 0.6 is 0 Å². The number of hydrogen-bond acceptors (Lipinski definition) is 3. The van der Waals surface area contributed by atoms with Crippen LogP contribution in [-0.2, 0) is 13.1 Å². The molecule has 1 heterocycles. The second kappa shape index (κ2) is 6.36. The van der Waals surface area contributed by atoms with Gasteiger partial charge in [0.25, 0.3) is 0 Å². The highest BCUT2D eigenvalue weighted by Gasteiger charge is 2.14. The standard InChI is InChI=1S/C19H22N4/c1-13-19(17-7-3-15(11-20)4-8-17)14(2)23(22-13)18-9-5-16(12-21)6-10-18/h3-10H,11-12,20-21H2,1-2H3. The molecular formula is C19H22N4. The number of hydrogen-bond donors (Lipinski definition) is 2. The molecule has 0 spiro atoms. The number of benzene rings is 2. The van der Waals surface area contributed by atoms with Gasteiger partial charge in [-0.2, -0.15) is 5.10 Å². The van der Waals surface area contributed by atoms with Crippen LogP contribution in [0.5, 0.6) is 0 Å². The maximum absolute atomic E-state index is 5.68. The Morgan fingerprint density at radius 2 is 1.35 bits per heavy atom. The number of aromatic nitrogens is 2. The van der Waals surface area contributed by atoms with Gasteiger partial charge in [0.1, 0.15) is 0 Å². The first-order valence-corrected chi connectivity index (χ1v) is 7.79. The summed E-state index contributed by atoms with van der Waals surface area (Å²) in [4.78, 5) is 0. The summed E-state index contributed by atoms with van der Waals surface area (Å²) in [5.41, 5.74) is 19.1. The van der Waals surface area contributed by atoms with E-state index in [-0.39, 0.29) is 0 Å². The molecule has 0 aliphatic carbocycles. The number of aryl methyl sites for hydroxylation is 1. The molecule has 2 aromatic carbocycles. The molecule has 0 saturated heterocycles. The van der Waals surface area contributed by atoms with Crippen molar-refractivity contribution < 1.29 is 0 Å². The highest BCUT2D eigenvalue weighted by molar-refractivity contribution is 5.69. The van der Waals surface area contributed by atoms with Gasteiger partial charge in [-0.15, -0.1) is 0 Å². The van der Waals surface area contributed by atoms with Crippen molar-refractivity contribution in [2.24, 2.45) is 11.5 Å². The molecular weight excluding hydrogens is 284 g/mol. The molecule has 0 amide bonds. The van der Waals surface area contributed by atoms with E-state index in [2.05, 4.69) is 43.3 Å². The van der Waals surface area contributed by atoms with Crippen molar-refractivity contribution in [3.63, 3.8) is 0 Å². The van der Waals surface area contributed by atoms with Gasteiger partial charge in [-0.25, -0.2) is 4.68 Å². The normalized spacial score (nSPS) is 11.0. The Labute approximate surface area is 136 Å². The highest BCUT2D eigenvalue weighted by Crippen LogP contribution is 2.29. The summed E-state index contributed by atoms with van der Waals surface area (Å²) in [6.45, 7) is 5.26. The van der Waals surface area contributed by atoms with Crippen LogP contribution in [-0.4, -0.2) is 9.78 Å². The summed E-state index contributed by atoms with van der Waals surface area (Å²) in [5, 5.41) is 4.72. The number of rotatable bonds is 4. The van der Waals surface area contributed by atoms with Crippen molar-refractivity contribution in [1.82, 2.24) is 9.78 Å². The van der Waals surface area contributed by atoms with Gasteiger partial charge in [0.05, 0.1) is 11.4 Å². The highest BCUT2D eigenvalue weighted by atomic mass is 15.3. The molecule has 0 atom stereocenters. The Bertz CT molecular complexity index is 799. The molecule has 0 fully saturated rings. The Morgan fingerprint density at radius 1 is 0.826 bits per heavy atom. The average Bonchev–Trinajstić information content (AvgIpc) is 2.89. The van der Waals surface area contributed by atoms with Gasteiger partial charge >= 0.3 is 0 Å². The molecule has 23 heavy (non-hydrogen) atoms. The van der Waals surface area contributed by atoms with Gasteiger partial charge in [0.15, 0.2) is 0 Å². The number of nitrogens with zero attached hydrogens (tertiary/aromatic N) is 2. The first kappa shape index (κ1) is 15.5. The van der Waals surface area contributed by atoms with Crippen molar-refractivity contribution in [2.45, 2.75) is 26.9 Å². The molecule has 4 N–H and O–H groups in total. The van der Waals surface area contributed by atoms with E-state index < -0.39 is 0 Å². The largest absolute Gasteiger partial charge is 0.326 e. The molecule has 3 aromatic rings. The molecule has 4 nitrogen and oxygen atoms in total. The van der Waals surface area contributed by atoms with Crippen molar-refractivity contribution in [1.29, 1.82) is 0 Å². The zero-order valence-electron chi connectivity index (χ0n) is 13.6. The molecule has 0 aliphatic heterocycles. The van der Waals surface area contributed by atoms with E-state index in [0.717, 1.165) is 28.2 Å². The van der Waals surface area contributed by atoms with Gasteiger partial charge in [-0.1, -0.05) is 36.4 Å². The van der Waals surface area contributed by atoms with Crippen LogP contribution in [0.15, 0.2) is 48.5 Å². The van der Waals surface area contributed by atoms with Gasteiger partial charge in [0, 0.05) is 24.3 Å². The Morgan fingerprint density at radius 3 is 1.87 bits per heavy atom. The summed E-state index contributed by atoms with van der Waals surface area (Å²) >= 11 is 0. The maximum Gasteiger partial charge on any atom is 0.0679 e. The van der Waals surface area contributed by atoms with E-state index in [9.17, 15) is 0 Å². The van der Waals surface area contributed by atoms with Crippen LogP contribution in [0.1, 0.15) is 22.5 Å². The van der Waals surface area contributed by atoms with Crippen LogP contribution in [0.4, 0.5) is 0 Å². The van der Waals surface area contributed by atoms with E-state index in [1.165, 1.54) is 11.1 Å². The third kappa shape index (κ3) is 2.91. The first-order chi connectivity index (χ1) is 11.1. The van der Waals surface area contributed by atoms with E-state index in [4.69, 9.17) is 16.6 Å². The molecule has 1 aromatic heterocycles. The summed E-state index contributed by atoms with van der Waals surface area (Å²) in [6.07, 6.45) is 0. The number of nitrogens with two attached hydrogens (primary N) is 2. The van der Waals surface area contributed by atoms with Crippen molar-refractivity contribution in [2.75, 3.05) is 0 Å². The van der Waals surface area contributed by atoms with Crippen molar-refractivity contribution in [3.05, 3.63) is 71.0 Å². The SMILES string of the molecule is Cc1nn(-c2ccc(CN)cc2)c(C)c1-c1ccc(CN)cc1. The van der Waals surface area contributed by atoms with Gasteiger partial charge in [-0.05, 0) is 42.7 Å².